The van der Waals surface area contributed by atoms with Gasteiger partial charge < -0.3 is 11.1 Å². The van der Waals surface area contributed by atoms with Crippen molar-refractivity contribution >= 4 is 33.1 Å². The number of aromatic nitrogens is 3. The Morgan fingerprint density at radius 2 is 2.15 bits per heavy atom. The number of nitrogens with two attached hydrogens (primary N) is 1. The summed E-state index contributed by atoms with van der Waals surface area (Å²) in [5.74, 6) is 0.764. The molecule has 0 aliphatic rings. The molecule has 2 aromatic heterocycles. The number of halogens is 1. The van der Waals surface area contributed by atoms with Crippen molar-refractivity contribution in [2.75, 3.05) is 5.32 Å². The maximum atomic E-state index is 5.59. The summed E-state index contributed by atoms with van der Waals surface area (Å²) in [6.07, 6.45) is 1.84. The quantitative estimate of drug-likeness (QED) is 0.774. The van der Waals surface area contributed by atoms with Gasteiger partial charge in [-0.1, -0.05) is 22.0 Å². The van der Waals surface area contributed by atoms with Gasteiger partial charge in [-0.05, 0) is 36.8 Å². The number of rotatable bonds is 3. The molecule has 0 saturated carbocycles. The average molecular weight is 332 g/mol. The van der Waals surface area contributed by atoms with Crippen molar-refractivity contribution in [1.82, 2.24) is 14.6 Å². The van der Waals surface area contributed by atoms with Gasteiger partial charge in [-0.25, -0.2) is 9.50 Å². The third-order valence-corrected chi connectivity index (χ3v) is 3.53. The fraction of sp³-hybridized carbons (Fsp3) is 0.143. The topological polar surface area (TPSA) is 68.2 Å². The molecule has 1 aromatic carbocycles. The fourth-order valence-electron chi connectivity index (χ4n) is 1.96. The SMILES string of the molecule is Cc1ccc(Br)cc1Nc1ccc2nc(CN)cn2n1. The van der Waals surface area contributed by atoms with Gasteiger partial charge in [0.25, 0.3) is 0 Å². The van der Waals surface area contributed by atoms with Crippen LogP contribution in [0.2, 0.25) is 0 Å². The molecule has 0 atom stereocenters. The Balaban J connectivity index is 1.96. The molecule has 0 radical (unpaired) electrons. The first-order valence-corrected chi connectivity index (χ1v) is 7.03. The number of nitrogens with one attached hydrogen (secondary N) is 1. The lowest BCUT2D eigenvalue weighted by molar-refractivity contribution is 0.934. The molecule has 0 fully saturated rings. The van der Waals surface area contributed by atoms with Gasteiger partial charge in [-0.2, -0.15) is 0 Å². The van der Waals surface area contributed by atoms with Gasteiger partial charge in [0, 0.05) is 16.7 Å². The molecule has 3 rings (SSSR count). The Labute approximate surface area is 125 Å². The van der Waals surface area contributed by atoms with E-state index in [9.17, 15) is 0 Å². The number of benzene rings is 1. The highest BCUT2D eigenvalue weighted by Gasteiger charge is 2.04. The van der Waals surface area contributed by atoms with Gasteiger partial charge in [-0.15, -0.1) is 5.10 Å². The average Bonchev–Trinajstić information content (AvgIpc) is 2.85. The van der Waals surface area contributed by atoms with Crippen molar-refractivity contribution in [3.8, 4) is 0 Å². The van der Waals surface area contributed by atoms with E-state index in [2.05, 4.69) is 44.3 Å². The molecule has 3 N–H and O–H groups in total. The summed E-state index contributed by atoms with van der Waals surface area (Å²) in [4.78, 5) is 4.35. The molecular formula is C14H14BrN5. The van der Waals surface area contributed by atoms with E-state index >= 15 is 0 Å². The zero-order valence-electron chi connectivity index (χ0n) is 11.0. The van der Waals surface area contributed by atoms with Crippen LogP contribution in [0, 0.1) is 6.92 Å². The zero-order chi connectivity index (χ0) is 14.1. The minimum absolute atomic E-state index is 0.414. The van der Waals surface area contributed by atoms with Gasteiger partial charge in [0.05, 0.1) is 11.9 Å². The van der Waals surface area contributed by atoms with Crippen LogP contribution in [0.4, 0.5) is 11.5 Å². The van der Waals surface area contributed by atoms with Gasteiger partial charge in [0.15, 0.2) is 11.5 Å². The van der Waals surface area contributed by atoms with E-state index in [-0.39, 0.29) is 0 Å². The molecule has 0 spiro atoms. The number of fused-ring (bicyclic) bond motifs is 1. The van der Waals surface area contributed by atoms with Crippen LogP contribution in [0.5, 0.6) is 0 Å². The molecule has 0 bridgehead atoms. The standard InChI is InChI=1S/C14H14BrN5/c1-9-2-3-10(15)6-12(9)18-13-4-5-14-17-11(7-16)8-20(14)19-13/h2-6,8H,7,16H2,1H3,(H,18,19). The molecule has 0 amide bonds. The summed E-state index contributed by atoms with van der Waals surface area (Å²) in [6, 6.07) is 9.92. The first-order chi connectivity index (χ1) is 9.65. The number of hydrogen-bond acceptors (Lipinski definition) is 4. The van der Waals surface area contributed by atoms with Crippen LogP contribution in [-0.2, 0) is 6.54 Å². The lowest BCUT2D eigenvalue weighted by Gasteiger charge is -2.09. The van der Waals surface area contributed by atoms with Crippen LogP contribution >= 0.6 is 15.9 Å². The molecule has 102 valence electrons. The van der Waals surface area contributed by atoms with Gasteiger partial charge in [0.2, 0.25) is 0 Å². The number of aryl methyl sites for hydroxylation is 1. The van der Waals surface area contributed by atoms with Crippen LogP contribution < -0.4 is 11.1 Å². The Hall–Kier alpha value is -1.92. The molecule has 6 heteroatoms. The first kappa shape index (κ1) is 13.1. The minimum Gasteiger partial charge on any atom is -0.339 e. The van der Waals surface area contributed by atoms with Crippen molar-refractivity contribution in [3.63, 3.8) is 0 Å². The summed E-state index contributed by atoms with van der Waals surface area (Å²) in [5, 5.41) is 7.79. The monoisotopic (exact) mass is 331 g/mol. The number of nitrogens with zero attached hydrogens (tertiary/aromatic N) is 3. The summed E-state index contributed by atoms with van der Waals surface area (Å²) in [5.41, 5.74) is 9.38. The van der Waals surface area contributed by atoms with Crippen molar-refractivity contribution in [1.29, 1.82) is 0 Å². The predicted molar refractivity (Wildman–Crippen MR) is 83.0 cm³/mol. The normalized spacial score (nSPS) is 10.9. The minimum atomic E-state index is 0.414. The lowest BCUT2D eigenvalue weighted by Crippen LogP contribution is -1.99. The van der Waals surface area contributed by atoms with Crippen LogP contribution in [-0.4, -0.2) is 14.6 Å². The second kappa shape index (κ2) is 5.22. The van der Waals surface area contributed by atoms with E-state index in [0.717, 1.165) is 32.9 Å². The molecule has 2 heterocycles. The molecule has 5 nitrogen and oxygen atoms in total. The Kier molecular flexibility index (Phi) is 3.42. The number of anilines is 2. The Bertz CT molecular complexity index is 765. The molecule has 3 aromatic rings. The third-order valence-electron chi connectivity index (χ3n) is 3.04. The highest BCUT2D eigenvalue weighted by Crippen LogP contribution is 2.23. The lowest BCUT2D eigenvalue weighted by atomic mass is 10.2. The maximum Gasteiger partial charge on any atom is 0.153 e. The molecule has 0 unspecified atom stereocenters. The second-order valence-electron chi connectivity index (χ2n) is 4.54. The molecule has 20 heavy (non-hydrogen) atoms. The van der Waals surface area contributed by atoms with E-state index in [1.54, 1.807) is 4.52 Å². The van der Waals surface area contributed by atoms with Crippen molar-refractivity contribution < 1.29 is 0 Å². The molecule has 0 saturated heterocycles. The number of hydrogen-bond donors (Lipinski definition) is 2. The highest BCUT2D eigenvalue weighted by atomic mass is 79.9. The second-order valence-corrected chi connectivity index (χ2v) is 5.46. The summed E-state index contributed by atoms with van der Waals surface area (Å²) in [6.45, 7) is 2.47. The van der Waals surface area contributed by atoms with E-state index in [1.165, 1.54) is 0 Å². The van der Waals surface area contributed by atoms with Gasteiger partial charge in [-0.3, -0.25) is 0 Å². The largest absolute Gasteiger partial charge is 0.339 e. The fourth-order valence-corrected chi connectivity index (χ4v) is 2.32. The molecule has 0 aliphatic carbocycles. The number of imidazole rings is 1. The van der Waals surface area contributed by atoms with Crippen LogP contribution in [0.15, 0.2) is 41.0 Å². The summed E-state index contributed by atoms with van der Waals surface area (Å²) < 4.78 is 2.76. The predicted octanol–water partition coefficient (Wildman–Crippen LogP) is 3.00. The van der Waals surface area contributed by atoms with E-state index in [0.29, 0.717) is 6.54 Å². The van der Waals surface area contributed by atoms with Gasteiger partial charge >= 0.3 is 0 Å². The van der Waals surface area contributed by atoms with Crippen LogP contribution in [0.25, 0.3) is 5.65 Å². The van der Waals surface area contributed by atoms with Crippen LogP contribution in [0.3, 0.4) is 0 Å². The van der Waals surface area contributed by atoms with E-state index in [4.69, 9.17) is 5.73 Å². The first-order valence-electron chi connectivity index (χ1n) is 6.24. The van der Waals surface area contributed by atoms with E-state index < -0.39 is 0 Å². The van der Waals surface area contributed by atoms with Crippen molar-refractivity contribution in [3.05, 3.63) is 52.3 Å². The highest BCUT2D eigenvalue weighted by molar-refractivity contribution is 9.10. The summed E-state index contributed by atoms with van der Waals surface area (Å²) in [7, 11) is 0. The van der Waals surface area contributed by atoms with Crippen molar-refractivity contribution in [2.45, 2.75) is 13.5 Å². The Morgan fingerprint density at radius 1 is 1.30 bits per heavy atom. The van der Waals surface area contributed by atoms with Gasteiger partial charge in [0.1, 0.15) is 0 Å². The zero-order valence-corrected chi connectivity index (χ0v) is 12.6. The summed E-state index contributed by atoms with van der Waals surface area (Å²) >= 11 is 3.47. The molecular weight excluding hydrogens is 318 g/mol. The Morgan fingerprint density at radius 3 is 2.95 bits per heavy atom. The maximum absolute atomic E-state index is 5.59. The van der Waals surface area contributed by atoms with Crippen LogP contribution in [0.1, 0.15) is 11.3 Å². The smallest absolute Gasteiger partial charge is 0.153 e. The van der Waals surface area contributed by atoms with Crippen molar-refractivity contribution in [2.24, 2.45) is 5.73 Å². The molecule has 0 aliphatic heterocycles. The van der Waals surface area contributed by atoms with E-state index in [1.807, 2.05) is 30.5 Å². The third kappa shape index (κ3) is 2.52.